The number of halogens is 1. The molecule has 2 aromatic carbocycles. The summed E-state index contributed by atoms with van der Waals surface area (Å²) in [5.41, 5.74) is 2.35. The SMILES string of the molecule is Clc1cccc(CN2CCCC2C#Cc2ccccc2)c1. The molecule has 0 N–H and O–H groups in total. The van der Waals surface area contributed by atoms with E-state index in [2.05, 4.69) is 34.9 Å². The molecule has 1 unspecified atom stereocenters. The quantitative estimate of drug-likeness (QED) is 0.744. The fraction of sp³-hybridized carbons (Fsp3) is 0.263. The van der Waals surface area contributed by atoms with Crippen LogP contribution < -0.4 is 0 Å². The van der Waals surface area contributed by atoms with E-state index in [4.69, 9.17) is 11.6 Å². The van der Waals surface area contributed by atoms with Gasteiger partial charge in [-0.1, -0.05) is 53.8 Å². The van der Waals surface area contributed by atoms with Crippen molar-refractivity contribution in [3.05, 3.63) is 70.7 Å². The second kappa shape index (κ2) is 6.80. The predicted molar refractivity (Wildman–Crippen MR) is 88.2 cm³/mol. The lowest BCUT2D eigenvalue weighted by Gasteiger charge is -2.20. The minimum atomic E-state index is 0.351. The van der Waals surface area contributed by atoms with Gasteiger partial charge in [0, 0.05) is 17.1 Å². The molecule has 3 rings (SSSR count). The summed E-state index contributed by atoms with van der Waals surface area (Å²) < 4.78 is 0. The standard InChI is InChI=1S/C19H18ClN/c20-18-9-4-8-17(14-18)15-21-13-5-10-19(21)12-11-16-6-2-1-3-7-16/h1-4,6-9,14,19H,5,10,13,15H2. The van der Waals surface area contributed by atoms with Crippen LogP contribution in [0.1, 0.15) is 24.0 Å². The van der Waals surface area contributed by atoms with E-state index in [-0.39, 0.29) is 0 Å². The van der Waals surface area contributed by atoms with Crippen molar-refractivity contribution >= 4 is 11.6 Å². The van der Waals surface area contributed by atoms with Crippen molar-refractivity contribution in [1.29, 1.82) is 0 Å². The maximum atomic E-state index is 6.06. The zero-order valence-electron chi connectivity index (χ0n) is 11.9. The van der Waals surface area contributed by atoms with E-state index in [1.807, 2.05) is 36.4 Å². The number of benzene rings is 2. The molecule has 1 fully saturated rings. The van der Waals surface area contributed by atoms with E-state index in [9.17, 15) is 0 Å². The molecule has 0 amide bonds. The predicted octanol–water partition coefficient (Wildman–Crippen LogP) is 4.36. The van der Waals surface area contributed by atoms with Gasteiger partial charge in [-0.05, 0) is 49.2 Å². The summed E-state index contributed by atoms with van der Waals surface area (Å²) in [6, 6.07) is 18.7. The summed E-state index contributed by atoms with van der Waals surface area (Å²) in [5.74, 6) is 6.72. The van der Waals surface area contributed by atoms with Gasteiger partial charge in [0.1, 0.15) is 0 Å². The normalized spacial score (nSPS) is 18.2. The third-order valence-electron chi connectivity index (χ3n) is 3.80. The topological polar surface area (TPSA) is 3.24 Å². The van der Waals surface area contributed by atoms with Crippen molar-refractivity contribution in [2.45, 2.75) is 25.4 Å². The summed E-state index contributed by atoms with van der Waals surface area (Å²) >= 11 is 6.06. The van der Waals surface area contributed by atoms with E-state index in [1.54, 1.807) is 0 Å². The van der Waals surface area contributed by atoms with Gasteiger partial charge in [0.2, 0.25) is 0 Å². The molecule has 2 heteroatoms. The molecule has 106 valence electrons. The van der Waals surface area contributed by atoms with Crippen LogP contribution in [0, 0.1) is 11.8 Å². The van der Waals surface area contributed by atoms with E-state index in [0.717, 1.165) is 30.1 Å². The van der Waals surface area contributed by atoms with Crippen LogP contribution in [0.4, 0.5) is 0 Å². The van der Waals surface area contributed by atoms with Crippen molar-refractivity contribution in [2.75, 3.05) is 6.54 Å². The van der Waals surface area contributed by atoms with Crippen molar-refractivity contribution in [3.8, 4) is 11.8 Å². The molecular weight excluding hydrogens is 278 g/mol. The molecule has 0 spiro atoms. The fourth-order valence-corrected chi connectivity index (χ4v) is 2.95. The van der Waals surface area contributed by atoms with E-state index < -0.39 is 0 Å². The summed E-state index contributed by atoms with van der Waals surface area (Å²) in [6.07, 6.45) is 2.37. The van der Waals surface area contributed by atoms with E-state index in [1.165, 1.54) is 12.0 Å². The van der Waals surface area contributed by atoms with Crippen LogP contribution in [0.25, 0.3) is 0 Å². The van der Waals surface area contributed by atoms with Gasteiger partial charge in [-0.15, -0.1) is 0 Å². The van der Waals surface area contributed by atoms with Crippen molar-refractivity contribution in [1.82, 2.24) is 4.90 Å². The van der Waals surface area contributed by atoms with Gasteiger partial charge in [-0.25, -0.2) is 0 Å². The Hall–Kier alpha value is -1.75. The van der Waals surface area contributed by atoms with Gasteiger partial charge < -0.3 is 0 Å². The molecule has 0 bridgehead atoms. The van der Waals surface area contributed by atoms with E-state index in [0.29, 0.717) is 6.04 Å². The molecule has 1 atom stereocenters. The molecule has 0 saturated carbocycles. The molecule has 1 aliphatic rings. The molecule has 0 aliphatic carbocycles. The first kappa shape index (κ1) is 14.2. The lowest BCUT2D eigenvalue weighted by Crippen LogP contribution is -2.27. The molecule has 21 heavy (non-hydrogen) atoms. The molecule has 1 heterocycles. The van der Waals surface area contributed by atoms with Crippen LogP contribution in [0.5, 0.6) is 0 Å². The molecule has 0 radical (unpaired) electrons. The highest BCUT2D eigenvalue weighted by atomic mass is 35.5. The summed E-state index contributed by atoms with van der Waals surface area (Å²) in [7, 11) is 0. The number of hydrogen-bond donors (Lipinski definition) is 0. The average Bonchev–Trinajstić information content (AvgIpc) is 2.93. The van der Waals surface area contributed by atoms with Gasteiger partial charge in [0.15, 0.2) is 0 Å². The Morgan fingerprint density at radius 1 is 1.10 bits per heavy atom. The summed E-state index contributed by atoms with van der Waals surface area (Å²) in [6.45, 7) is 2.04. The second-order valence-electron chi connectivity index (χ2n) is 5.39. The molecule has 1 aliphatic heterocycles. The maximum Gasteiger partial charge on any atom is 0.0721 e. The van der Waals surface area contributed by atoms with Crippen molar-refractivity contribution < 1.29 is 0 Å². The molecule has 2 aromatic rings. The van der Waals surface area contributed by atoms with Gasteiger partial charge in [0.25, 0.3) is 0 Å². The Kier molecular flexibility index (Phi) is 4.60. The van der Waals surface area contributed by atoms with E-state index >= 15 is 0 Å². The van der Waals surface area contributed by atoms with Crippen LogP contribution in [0.15, 0.2) is 54.6 Å². The number of hydrogen-bond acceptors (Lipinski definition) is 1. The average molecular weight is 296 g/mol. The fourth-order valence-electron chi connectivity index (χ4n) is 2.74. The second-order valence-corrected chi connectivity index (χ2v) is 5.83. The highest BCUT2D eigenvalue weighted by Gasteiger charge is 2.22. The zero-order chi connectivity index (χ0) is 14.5. The largest absolute Gasteiger partial charge is 0.285 e. The third kappa shape index (κ3) is 3.88. The minimum Gasteiger partial charge on any atom is -0.285 e. The number of nitrogens with zero attached hydrogens (tertiary/aromatic N) is 1. The summed E-state index contributed by atoms with van der Waals surface area (Å²) in [5, 5.41) is 0.804. The Morgan fingerprint density at radius 3 is 2.76 bits per heavy atom. The van der Waals surface area contributed by atoms with Gasteiger partial charge in [0.05, 0.1) is 6.04 Å². The summed E-state index contributed by atoms with van der Waals surface area (Å²) in [4.78, 5) is 2.45. The smallest absolute Gasteiger partial charge is 0.0721 e. The minimum absolute atomic E-state index is 0.351. The monoisotopic (exact) mass is 295 g/mol. The number of likely N-dealkylation sites (tertiary alicyclic amines) is 1. The molecule has 1 nitrogen and oxygen atoms in total. The van der Waals surface area contributed by atoms with Crippen LogP contribution in [-0.2, 0) is 6.54 Å². The number of rotatable bonds is 2. The van der Waals surface area contributed by atoms with Gasteiger partial charge >= 0.3 is 0 Å². The molecule has 0 aromatic heterocycles. The Morgan fingerprint density at radius 2 is 1.95 bits per heavy atom. The first-order valence-corrected chi connectivity index (χ1v) is 7.74. The van der Waals surface area contributed by atoms with Crippen LogP contribution >= 0.6 is 11.6 Å². The highest BCUT2D eigenvalue weighted by Crippen LogP contribution is 2.21. The van der Waals surface area contributed by atoms with Crippen molar-refractivity contribution in [2.24, 2.45) is 0 Å². The lowest BCUT2D eigenvalue weighted by molar-refractivity contribution is 0.288. The van der Waals surface area contributed by atoms with Crippen LogP contribution in [-0.4, -0.2) is 17.5 Å². The molecule has 1 saturated heterocycles. The van der Waals surface area contributed by atoms with Crippen LogP contribution in [0.3, 0.4) is 0 Å². The Labute approximate surface area is 131 Å². The van der Waals surface area contributed by atoms with Gasteiger partial charge in [-0.2, -0.15) is 0 Å². The third-order valence-corrected chi connectivity index (χ3v) is 4.03. The Bertz CT molecular complexity index is 654. The van der Waals surface area contributed by atoms with Crippen LogP contribution in [0.2, 0.25) is 5.02 Å². The van der Waals surface area contributed by atoms with Gasteiger partial charge in [-0.3, -0.25) is 4.90 Å². The first-order chi connectivity index (χ1) is 10.3. The van der Waals surface area contributed by atoms with Crippen molar-refractivity contribution in [3.63, 3.8) is 0 Å². The first-order valence-electron chi connectivity index (χ1n) is 7.36. The zero-order valence-corrected chi connectivity index (χ0v) is 12.7. The lowest BCUT2D eigenvalue weighted by atomic mass is 10.1. The maximum absolute atomic E-state index is 6.06. The Balaban J connectivity index is 1.70. The molecular formula is C19H18ClN. The highest BCUT2D eigenvalue weighted by molar-refractivity contribution is 6.30.